The third-order valence-electron chi connectivity index (χ3n) is 5.71. The molecule has 2 aromatic carbocycles. The number of hydrogen-bond acceptors (Lipinski definition) is 8. The van der Waals surface area contributed by atoms with Crippen molar-refractivity contribution < 1.29 is 19.2 Å². The van der Waals surface area contributed by atoms with E-state index in [1.165, 1.54) is 0 Å². The van der Waals surface area contributed by atoms with E-state index in [-0.39, 0.29) is 12.6 Å². The van der Waals surface area contributed by atoms with Gasteiger partial charge in [0.1, 0.15) is 22.5 Å². The number of ether oxygens (including phenoxy) is 2. The molecule has 0 aliphatic carbocycles. The first-order chi connectivity index (χ1) is 14.7. The van der Waals surface area contributed by atoms with Gasteiger partial charge in [0.15, 0.2) is 0 Å². The maximum Gasteiger partial charge on any atom is 0.139 e. The summed E-state index contributed by atoms with van der Waals surface area (Å²) in [6, 6.07) is 12.2. The van der Waals surface area contributed by atoms with E-state index < -0.39 is 0 Å². The Morgan fingerprint density at radius 2 is 1.87 bits per heavy atom. The van der Waals surface area contributed by atoms with Gasteiger partial charge in [0.2, 0.25) is 0 Å². The van der Waals surface area contributed by atoms with Crippen molar-refractivity contribution in [1.82, 2.24) is 20.1 Å². The van der Waals surface area contributed by atoms with Gasteiger partial charge in [-0.15, -0.1) is 0 Å². The fourth-order valence-corrected chi connectivity index (χ4v) is 4.15. The molecule has 1 atom stereocenters. The Kier molecular flexibility index (Phi) is 6.47. The first-order valence-corrected chi connectivity index (χ1v) is 10.2. The average Bonchev–Trinajstić information content (AvgIpc) is 3.25. The van der Waals surface area contributed by atoms with Crippen molar-refractivity contribution in [3.8, 4) is 11.5 Å². The molecule has 1 saturated heterocycles. The minimum Gasteiger partial charge on any atom is -0.497 e. The summed E-state index contributed by atoms with van der Waals surface area (Å²) in [6.45, 7) is 4.47. The molecule has 0 saturated carbocycles. The number of piperazine rings is 1. The highest BCUT2D eigenvalue weighted by Crippen LogP contribution is 2.26. The molecule has 8 nitrogen and oxygen atoms in total. The maximum atomic E-state index is 9.64. The van der Waals surface area contributed by atoms with Crippen molar-refractivity contribution in [2.45, 2.75) is 25.6 Å². The Morgan fingerprint density at radius 3 is 2.60 bits per heavy atom. The van der Waals surface area contributed by atoms with Gasteiger partial charge in [0.25, 0.3) is 0 Å². The summed E-state index contributed by atoms with van der Waals surface area (Å²) in [5.41, 5.74) is 3.86. The Morgan fingerprint density at radius 1 is 1.07 bits per heavy atom. The van der Waals surface area contributed by atoms with Crippen LogP contribution in [0.5, 0.6) is 11.5 Å². The van der Waals surface area contributed by atoms with E-state index in [0.717, 1.165) is 72.8 Å². The van der Waals surface area contributed by atoms with Gasteiger partial charge >= 0.3 is 0 Å². The third-order valence-corrected chi connectivity index (χ3v) is 5.71. The Bertz CT molecular complexity index is 954. The number of fused-ring (bicyclic) bond motifs is 1. The molecule has 0 amide bonds. The van der Waals surface area contributed by atoms with E-state index in [1.54, 1.807) is 14.2 Å². The van der Waals surface area contributed by atoms with Crippen LogP contribution >= 0.6 is 0 Å². The molecule has 1 N–H and O–H groups in total. The number of aliphatic hydroxyl groups excluding tert-OH is 1. The van der Waals surface area contributed by atoms with E-state index in [1.807, 2.05) is 30.3 Å². The topological polar surface area (TPSA) is 84.1 Å². The van der Waals surface area contributed by atoms with Gasteiger partial charge in [-0.2, -0.15) is 0 Å². The zero-order valence-electron chi connectivity index (χ0n) is 17.5. The highest BCUT2D eigenvalue weighted by atomic mass is 16.6. The second kappa shape index (κ2) is 9.42. The number of benzene rings is 2. The summed E-state index contributed by atoms with van der Waals surface area (Å²) in [5, 5.41) is 17.6. The van der Waals surface area contributed by atoms with Crippen molar-refractivity contribution in [3.05, 3.63) is 47.5 Å². The summed E-state index contributed by atoms with van der Waals surface area (Å²) >= 11 is 0. The number of rotatable bonds is 8. The minimum atomic E-state index is 0.166. The van der Waals surface area contributed by atoms with E-state index in [2.05, 4.69) is 26.2 Å². The molecule has 0 bridgehead atoms. The summed E-state index contributed by atoms with van der Waals surface area (Å²) in [7, 11) is 3.33. The molecule has 1 aliphatic heterocycles. The Balaban J connectivity index is 1.46. The smallest absolute Gasteiger partial charge is 0.139 e. The third kappa shape index (κ3) is 4.56. The number of aliphatic hydroxyl groups is 1. The lowest BCUT2D eigenvalue weighted by Gasteiger charge is -2.41. The van der Waals surface area contributed by atoms with E-state index in [0.29, 0.717) is 0 Å². The summed E-state index contributed by atoms with van der Waals surface area (Å²) in [6.07, 6.45) is 0.729. The zero-order valence-corrected chi connectivity index (χ0v) is 17.5. The van der Waals surface area contributed by atoms with Crippen LogP contribution < -0.4 is 9.47 Å². The van der Waals surface area contributed by atoms with Crippen LogP contribution in [-0.2, 0) is 13.1 Å². The van der Waals surface area contributed by atoms with Crippen molar-refractivity contribution >= 4 is 11.0 Å². The summed E-state index contributed by atoms with van der Waals surface area (Å²) in [4.78, 5) is 4.84. The van der Waals surface area contributed by atoms with Crippen LogP contribution in [-0.4, -0.2) is 71.7 Å². The monoisotopic (exact) mass is 412 g/mol. The molecule has 0 spiro atoms. The quantitative estimate of drug-likeness (QED) is 0.603. The molecule has 2 heterocycles. The molecular weight excluding hydrogens is 384 g/mol. The number of hydrogen-bond donors (Lipinski definition) is 1. The lowest BCUT2D eigenvalue weighted by molar-refractivity contribution is 0.0500. The Labute approximate surface area is 175 Å². The molecule has 30 heavy (non-hydrogen) atoms. The van der Waals surface area contributed by atoms with E-state index in [4.69, 9.17) is 14.1 Å². The van der Waals surface area contributed by atoms with Gasteiger partial charge in [-0.3, -0.25) is 9.80 Å². The zero-order chi connectivity index (χ0) is 20.9. The summed E-state index contributed by atoms with van der Waals surface area (Å²) in [5.74, 6) is 1.58. The van der Waals surface area contributed by atoms with Crippen LogP contribution in [0.15, 0.2) is 41.0 Å². The van der Waals surface area contributed by atoms with Crippen molar-refractivity contribution in [1.29, 1.82) is 0 Å². The van der Waals surface area contributed by atoms with Gasteiger partial charge < -0.3 is 14.6 Å². The molecule has 1 aromatic heterocycles. The van der Waals surface area contributed by atoms with Gasteiger partial charge in [0, 0.05) is 51.4 Å². The molecule has 4 rings (SSSR count). The summed E-state index contributed by atoms with van der Waals surface area (Å²) < 4.78 is 15.7. The molecule has 1 fully saturated rings. The molecule has 8 heteroatoms. The van der Waals surface area contributed by atoms with Crippen LogP contribution in [0.1, 0.15) is 17.5 Å². The van der Waals surface area contributed by atoms with Gasteiger partial charge in [-0.25, -0.2) is 4.63 Å². The molecule has 3 aromatic rings. The second-order valence-electron chi connectivity index (χ2n) is 7.64. The number of methoxy groups -OCH3 is 2. The van der Waals surface area contributed by atoms with Gasteiger partial charge in [-0.1, -0.05) is 12.1 Å². The van der Waals surface area contributed by atoms with Gasteiger partial charge in [0.05, 0.1) is 14.2 Å². The van der Waals surface area contributed by atoms with Crippen molar-refractivity contribution in [3.63, 3.8) is 0 Å². The lowest BCUT2D eigenvalue weighted by atomic mass is 10.1. The molecular formula is C22H28N4O4. The number of aromatic nitrogens is 2. The van der Waals surface area contributed by atoms with Crippen LogP contribution in [0.3, 0.4) is 0 Å². The van der Waals surface area contributed by atoms with E-state index >= 15 is 0 Å². The predicted octanol–water partition coefficient (Wildman–Crippen LogP) is 2.31. The molecule has 1 aliphatic rings. The maximum absolute atomic E-state index is 9.64. The first-order valence-electron chi connectivity index (χ1n) is 10.2. The standard InChI is InChI=1S/C22H28N4O4/c1-28-19-10-16(11-20(12-19)29-2)13-26-8-7-25(15-18(26)6-9-27)14-17-4-3-5-21-22(17)24-30-23-21/h3-5,10-12,18,27H,6-9,13-15H2,1-2H3. The fraction of sp³-hybridized carbons (Fsp3) is 0.455. The second-order valence-corrected chi connectivity index (χ2v) is 7.64. The van der Waals surface area contributed by atoms with Crippen LogP contribution in [0.2, 0.25) is 0 Å². The average molecular weight is 412 g/mol. The number of nitrogens with zero attached hydrogens (tertiary/aromatic N) is 4. The predicted molar refractivity (Wildman–Crippen MR) is 113 cm³/mol. The van der Waals surface area contributed by atoms with Crippen LogP contribution in [0.25, 0.3) is 11.0 Å². The minimum absolute atomic E-state index is 0.166. The normalized spacial score (nSPS) is 18.0. The molecule has 0 radical (unpaired) electrons. The van der Waals surface area contributed by atoms with E-state index in [9.17, 15) is 5.11 Å². The lowest BCUT2D eigenvalue weighted by Crippen LogP contribution is -2.52. The highest BCUT2D eigenvalue weighted by molar-refractivity contribution is 5.76. The van der Waals surface area contributed by atoms with Crippen LogP contribution in [0.4, 0.5) is 0 Å². The fourth-order valence-electron chi connectivity index (χ4n) is 4.15. The van der Waals surface area contributed by atoms with Crippen molar-refractivity contribution in [2.75, 3.05) is 40.5 Å². The first kappa shape index (κ1) is 20.6. The van der Waals surface area contributed by atoms with Gasteiger partial charge in [-0.05, 0) is 46.1 Å². The largest absolute Gasteiger partial charge is 0.497 e. The molecule has 1 unspecified atom stereocenters. The Hall–Kier alpha value is -2.68. The SMILES string of the molecule is COc1cc(CN2CCN(Cc3cccc4nonc34)CC2CCO)cc(OC)c1. The molecule has 160 valence electrons. The highest BCUT2D eigenvalue weighted by Gasteiger charge is 2.27. The van der Waals surface area contributed by atoms with Crippen molar-refractivity contribution in [2.24, 2.45) is 0 Å². The van der Waals surface area contributed by atoms with Crippen LogP contribution in [0, 0.1) is 0 Å².